The summed E-state index contributed by atoms with van der Waals surface area (Å²) < 4.78 is 4.59. The van der Waals surface area contributed by atoms with E-state index in [2.05, 4.69) is 137 Å². The molecule has 0 aliphatic carbocycles. The fourth-order valence-corrected chi connectivity index (χ4v) is 8.77. The van der Waals surface area contributed by atoms with Crippen LogP contribution in [0.4, 0.5) is 0 Å². The van der Waals surface area contributed by atoms with Crippen LogP contribution in [0.25, 0.3) is 112 Å². The minimum absolute atomic E-state index is 0.534. The van der Waals surface area contributed by atoms with E-state index in [9.17, 15) is 0 Å². The van der Waals surface area contributed by atoms with Gasteiger partial charge in [0.15, 0.2) is 17.5 Å². The maximum atomic E-state index is 5.34. The van der Waals surface area contributed by atoms with Crippen molar-refractivity contribution >= 4 is 43.6 Å². The van der Waals surface area contributed by atoms with Crippen LogP contribution >= 0.6 is 0 Å². The minimum Gasteiger partial charge on any atom is -0.309 e. The second kappa shape index (κ2) is 14.6. The Morgan fingerprint density at radius 3 is 1.47 bits per heavy atom. The van der Waals surface area contributed by atoms with Crippen LogP contribution in [0.2, 0.25) is 0 Å². The molecular weight excluding hydrogens is 759 g/mol. The highest BCUT2D eigenvalue weighted by Crippen LogP contribution is 2.42. The van der Waals surface area contributed by atoms with Crippen LogP contribution in [-0.2, 0) is 0 Å². The van der Waals surface area contributed by atoms with Crippen molar-refractivity contribution in [1.29, 1.82) is 0 Å². The Bertz CT molecular complexity index is 3560. The van der Waals surface area contributed by atoms with Crippen molar-refractivity contribution in [3.05, 3.63) is 212 Å². The maximum Gasteiger partial charge on any atom is 0.238 e. The van der Waals surface area contributed by atoms with Crippen molar-refractivity contribution in [3.8, 4) is 68.3 Å². The monoisotopic (exact) mass is 793 g/mol. The zero-order chi connectivity index (χ0) is 41.0. The lowest BCUT2D eigenvalue weighted by atomic mass is 10.0. The molecule has 62 heavy (non-hydrogen) atoms. The number of rotatable bonds is 7. The lowest BCUT2D eigenvalue weighted by molar-refractivity contribution is 0.953. The first-order chi connectivity index (χ1) is 30.7. The van der Waals surface area contributed by atoms with E-state index in [0.717, 1.165) is 77.7 Å². The first-order valence-electron chi connectivity index (χ1n) is 20.7. The van der Waals surface area contributed by atoms with Crippen LogP contribution in [-0.4, -0.2) is 34.1 Å². The molecule has 7 nitrogen and oxygen atoms in total. The highest BCUT2D eigenvalue weighted by Gasteiger charge is 2.23. The highest BCUT2D eigenvalue weighted by molar-refractivity contribution is 6.26. The largest absolute Gasteiger partial charge is 0.309 e. The SMILES string of the molecule is c1ccc(-c2cc(-c3cccc(-c4nc(-c5ccccc5)nc(-n5c6ccccc6c6c5ccc5c7ccccc7n(-c7ccccc7)c56)n4)c3)nc(-c3ccccc3)n2)cc1. The van der Waals surface area contributed by atoms with Crippen molar-refractivity contribution in [3.63, 3.8) is 0 Å². The number of hydrogen-bond donors (Lipinski definition) is 0. The van der Waals surface area contributed by atoms with E-state index in [4.69, 9.17) is 24.9 Å². The van der Waals surface area contributed by atoms with Crippen LogP contribution in [0.1, 0.15) is 0 Å². The van der Waals surface area contributed by atoms with Gasteiger partial charge < -0.3 is 4.57 Å². The Morgan fingerprint density at radius 2 is 0.790 bits per heavy atom. The van der Waals surface area contributed by atoms with Gasteiger partial charge in [0, 0.05) is 55.0 Å². The number of fused-ring (bicyclic) bond motifs is 7. The maximum absolute atomic E-state index is 5.34. The first-order valence-corrected chi connectivity index (χ1v) is 20.7. The van der Waals surface area contributed by atoms with Gasteiger partial charge in [0.05, 0.1) is 33.5 Å². The van der Waals surface area contributed by atoms with Gasteiger partial charge in [-0.2, -0.15) is 9.97 Å². The van der Waals surface area contributed by atoms with E-state index in [1.165, 1.54) is 10.8 Å². The Kier molecular flexibility index (Phi) is 8.35. The fraction of sp³-hybridized carbons (Fsp3) is 0. The van der Waals surface area contributed by atoms with Crippen LogP contribution < -0.4 is 0 Å². The van der Waals surface area contributed by atoms with E-state index >= 15 is 0 Å². The standard InChI is InChI=1S/C55H35N7/c1-5-18-36(19-6-1)45-35-46(57-52(56-45)37-20-7-2-8-21-37)39-24-17-25-40(34-39)54-58-53(38-22-9-3-10-23-38)59-55(60-54)62-48-31-16-14-29-44(48)50-49(62)33-32-43-42-28-13-15-30-47(42)61(51(43)50)41-26-11-4-12-27-41/h1-35H. The van der Waals surface area contributed by atoms with Crippen molar-refractivity contribution in [1.82, 2.24) is 34.1 Å². The lowest BCUT2D eigenvalue weighted by Gasteiger charge is -2.12. The molecule has 0 amide bonds. The first kappa shape index (κ1) is 35.4. The molecule has 8 aromatic carbocycles. The molecule has 290 valence electrons. The van der Waals surface area contributed by atoms with Crippen molar-refractivity contribution in [2.75, 3.05) is 0 Å². The summed E-state index contributed by atoms with van der Waals surface area (Å²) in [7, 11) is 0. The molecule has 0 aliphatic heterocycles. The molecule has 4 aromatic heterocycles. The quantitative estimate of drug-likeness (QED) is 0.161. The van der Waals surface area contributed by atoms with Crippen LogP contribution in [0.15, 0.2) is 212 Å². The summed E-state index contributed by atoms with van der Waals surface area (Å²) in [5.41, 5.74) is 11.7. The topological polar surface area (TPSA) is 74.3 Å². The molecule has 12 aromatic rings. The molecule has 0 fully saturated rings. The summed E-state index contributed by atoms with van der Waals surface area (Å²) in [6.45, 7) is 0. The zero-order valence-electron chi connectivity index (χ0n) is 33.3. The van der Waals surface area contributed by atoms with Crippen LogP contribution in [0.3, 0.4) is 0 Å². The van der Waals surface area contributed by atoms with Gasteiger partial charge in [0.25, 0.3) is 0 Å². The number of aromatic nitrogens is 7. The van der Waals surface area contributed by atoms with Gasteiger partial charge in [0.2, 0.25) is 5.95 Å². The second-order valence-corrected chi connectivity index (χ2v) is 15.3. The molecule has 0 atom stereocenters. The molecule has 0 radical (unpaired) electrons. The molecule has 0 saturated heterocycles. The zero-order valence-corrected chi connectivity index (χ0v) is 33.3. The molecule has 0 spiro atoms. The average Bonchev–Trinajstić information content (AvgIpc) is 3.88. The third kappa shape index (κ3) is 5.94. The fourth-order valence-electron chi connectivity index (χ4n) is 8.77. The van der Waals surface area contributed by atoms with E-state index in [1.54, 1.807) is 0 Å². The van der Waals surface area contributed by atoms with Gasteiger partial charge in [-0.25, -0.2) is 15.0 Å². The Hall–Kier alpha value is -8.55. The average molecular weight is 794 g/mol. The lowest BCUT2D eigenvalue weighted by Crippen LogP contribution is -2.06. The molecular formula is C55H35N7. The molecule has 0 N–H and O–H groups in total. The number of benzene rings is 8. The van der Waals surface area contributed by atoms with Gasteiger partial charge in [-0.15, -0.1) is 0 Å². The van der Waals surface area contributed by atoms with Crippen molar-refractivity contribution in [2.45, 2.75) is 0 Å². The Labute approximate surface area is 356 Å². The van der Waals surface area contributed by atoms with Gasteiger partial charge in [-0.05, 0) is 42.5 Å². The Balaban J connectivity index is 1.09. The van der Waals surface area contributed by atoms with Gasteiger partial charge in [-0.3, -0.25) is 4.57 Å². The van der Waals surface area contributed by atoms with Crippen LogP contribution in [0, 0.1) is 0 Å². The molecule has 4 heterocycles. The highest BCUT2D eigenvalue weighted by atomic mass is 15.2. The van der Waals surface area contributed by atoms with E-state index in [-0.39, 0.29) is 0 Å². The third-order valence-corrected chi connectivity index (χ3v) is 11.6. The van der Waals surface area contributed by atoms with E-state index in [0.29, 0.717) is 23.4 Å². The molecule has 0 unspecified atom stereocenters. The number of nitrogens with zero attached hydrogens (tertiary/aromatic N) is 7. The van der Waals surface area contributed by atoms with E-state index in [1.807, 2.05) is 84.9 Å². The smallest absolute Gasteiger partial charge is 0.238 e. The van der Waals surface area contributed by atoms with Crippen molar-refractivity contribution in [2.24, 2.45) is 0 Å². The molecule has 0 bridgehead atoms. The summed E-state index contributed by atoms with van der Waals surface area (Å²) in [5.74, 6) is 2.34. The number of hydrogen-bond acceptors (Lipinski definition) is 5. The van der Waals surface area contributed by atoms with E-state index < -0.39 is 0 Å². The Morgan fingerprint density at radius 1 is 0.290 bits per heavy atom. The van der Waals surface area contributed by atoms with Gasteiger partial charge in [-0.1, -0.05) is 170 Å². The minimum atomic E-state index is 0.534. The molecule has 0 saturated carbocycles. The molecule has 12 rings (SSSR count). The van der Waals surface area contributed by atoms with Crippen LogP contribution in [0.5, 0.6) is 0 Å². The number of para-hydroxylation sites is 3. The predicted octanol–water partition coefficient (Wildman–Crippen LogP) is 13.2. The summed E-state index contributed by atoms with van der Waals surface area (Å²) in [6, 6.07) is 73.1. The second-order valence-electron chi connectivity index (χ2n) is 15.3. The predicted molar refractivity (Wildman–Crippen MR) is 251 cm³/mol. The molecule has 7 heteroatoms. The summed E-state index contributed by atoms with van der Waals surface area (Å²) in [5, 5.41) is 4.64. The summed E-state index contributed by atoms with van der Waals surface area (Å²) >= 11 is 0. The summed E-state index contributed by atoms with van der Waals surface area (Å²) in [4.78, 5) is 25.9. The third-order valence-electron chi connectivity index (χ3n) is 11.6. The molecule has 0 aliphatic rings. The summed E-state index contributed by atoms with van der Waals surface area (Å²) in [6.07, 6.45) is 0. The van der Waals surface area contributed by atoms with Gasteiger partial charge >= 0.3 is 0 Å². The van der Waals surface area contributed by atoms with Crippen molar-refractivity contribution < 1.29 is 0 Å². The van der Waals surface area contributed by atoms with Gasteiger partial charge in [0.1, 0.15) is 0 Å². The normalized spacial score (nSPS) is 11.5.